The molecule has 7 heteroatoms. The molecule has 86 valence electrons. The average molecular weight is 245 g/mol. The number of nitrogens with zero attached hydrogens (tertiary/aromatic N) is 3. The second kappa shape index (κ2) is 4.65. The second-order valence-electron chi connectivity index (χ2n) is 3.13. The third kappa shape index (κ3) is 2.24. The lowest BCUT2D eigenvalue weighted by Crippen LogP contribution is -1.85. The van der Waals surface area contributed by atoms with Gasteiger partial charge in [0.1, 0.15) is 4.88 Å². The van der Waals surface area contributed by atoms with Gasteiger partial charge < -0.3 is 4.52 Å². The largest absolute Gasteiger partial charge is 0.333 e. The van der Waals surface area contributed by atoms with E-state index in [1.54, 1.807) is 6.20 Å². The van der Waals surface area contributed by atoms with E-state index in [1.807, 2.05) is 6.92 Å². The number of halogens is 2. The fourth-order valence-electron chi connectivity index (χ4n) is 1.16. The second-order valence-corrected chi connectivity index (χ2v) is 4.24. The normalized spacial score (nSPS) is 11.2. The molecule has 0 saturated heterocycles. The Hall–Kier alpha value is -1.37. The first kappa shape index (κ1) is 11.1. The first-order valence-corrected chi connectivity index (χ1v) is 5.59. The quantitative estimate of drug-likeness (QED) is 0.830. The number of hydrogen-bond acceptors (Lipinski definition) is 5. The zero-order chi connectivity index (χ0) is 11.5. The van der Waals surface area contributed by atoms with Crippen molar-refractivity contribution in [3.8, 4) is 10.8 Å². The predicted octanol–water partition coefficient (Wildman–Crippen LogP) is 3.08. The van der Waals surface area contributed by atoms with Crippen LogP contribution in [-0.4, -0.2) is 15.1 Å². The zero-order valence-corrected chi connectivity index (χ0v) is 9.30. The number of hydrogen-bond donors (Lipinski definition) is 0. The van der Waals surface area contributed by atoms with Gasteiger partial charge in [0.25, 0.3) is 5.89 Å². The van der Waals surface area contributed by atoms with Crippen molar-refractivity contribution in [2.24, 2.45) is 0 Å². The fraction of sp³-hybridized carbons (Fsp3) is 0.444. The molecule has 0 aliphatic rings. The van der Waals surface area contributed by atoms with E-state index in [0.29, 0.717) is 4.88 Å². The molecular formula is C9H9F2N3OS. The van der Waals surface area contributed by atoms with Gasteiger partial charge in [0.15, 0.2) is 0 Å². The number of aromatic nitrogens is 3. The molecule has 0 unspecified atom stereocenters. The Morgan fingerprint density at radius 1 is 1.50 bits per heavy atom. The van der Waals surface area contributed by atoms with E-state index in [1.165, 1.54) is 11.3 Å². The molecule has 0 aromatic carbocycles. The smallest absolute Gasteiger partial charge is 0.300 e. The van der Waals surface area contributed by atoms with Crippen LogP contribution in [0.4, 0.5) is 8.78 Å². The van der Waals surface area contributed by atoms with Gasteiger partial charge in [-0.2, -0.15) is 4.98 Å². The van der Waals surface area contributed by atoms with Gasteiger partial charge in [-0.05, 0) is 12.8 Å². The highest BCUT2D eigenvalue weighted by atomic mass is 32.1. The molecule has 0 aliphatic carbocycles. The molecule has 2 aromatic rings. The van der Waals surface area contributed by atoms with Crippen LogP contribution in [0.15, 0.2) is 10.7 Å². The van der Waals surface area contributed by atoms with Crippen LogP contribution >= 0.6 is 11.3 Å². The number of thiazole rings is 1. The van der Waals surface area contributed by atoms with E-state index in [4.69, 9.17) is 4.52 Å². The van der Waals surface area contributed by atoms with E-state index < -0.39 is 12.2 Å². The van der Waals surface area contributed by atoms with Crippen LogP contribution in [0.5, 0.6) is 0 Å². The lowest BCUT2D eigenvalue weighted by molar-refractivity contribution is 0.136. The standard InChI is InChI=1S/C9H9F2N3OS/c1-2-3-6-12-4-5(16-6)9-13-8(7(10)11)14-15-9/h4,7H,2-3H2,1H3. The van der Waals surface area contributed by atoms with E-state index in [-0.39, 0.29) is 5.89 Å². The van der Waals surface area contributed by atoms with Gasteiger partial charge >= 0.3 is 6.43 Å². The molecule has 0 bridgehead atoms. The molecule has 4 nitrogen and oxygen atoms in total. The maximum atomic E-state index is 12.2. The van der Waals surface area contributed by atoms with Crippen molar-refractivity contribution in [1.29, 1.82) is 0 Å². The Bertz CT molecular complexity index is 469. The van der Waals surface area contributed by atoms with Crippen LogP contribution in [0.1, 0.15) is 30.6 Å². The van der Waals surface area contributed by atoms with Gasteiger partial charge in [0.2, 0.25) is 5.82 Å². The average Bonchev–Trinajstić information content (AvgIpc) is 2.84. The predicted molar refractivity (Wildman–Crippen MR) is 54.4 cm³/mol. The number of alkyl halides is 2. The first-order valence-electron chi connectivity index (χ1n) is 4.77. The van der Waals surface area contributed by atoms with Crippen molar-refractivity contribution in [3.63, 3.8) is 0 Å². The lowest BCUT2D eigenvalue weighted by Gasteiger charge is -1.86. The molecule has 0 amide bonds. The summed E-state index contributed by atoms with van der Waals surface area (Å²) in [6, 6.07) is 0. The third-order valence-corrected chi connectivity index (χ3v) is 2.91. The molecule has 0 atom stereocenters. The maximum absolute atomic E-state index is 12.2. The summed E-state index contributed by atoms with van der Waals surface area (Å²) in [7, 11) is 0. The lowest BCUT2D eigenvalue weighted by atomic mass is 10.4. The third-order valence-electron chi connectivity index (χ3n) is 1.87. The SMILES string of the molecule is CCCc1ncc(-c2nc(C(F)F)no2)s1. The van der Waals surface area contributed by atoms with Crippen LogP contribution in [0.2, 0.25) is 0 Å². The summed E-state index contributed by atoms with van der Waals surface area (Å²) in [5.74, 6) is -0.476. The summed E-state index contributed by atoms with van der Waals surface area (Å²) in [5, 5.41) is 4.13. The molecule has 2 rings (SSSR count). The van der Waals surface area contributed by atoms with Crippen molar-refractivity contribution in [2.75, 3.05) is 0 Å². The molecule has 0 spiro atoms. The molecule has 0 fully saturated rings. The Balaban J connectivity index is 2.21. The van der Waals surface area contributed by atoms with Crippen molar-refractivity contribution < 1.29 is 13.3 Å². The Morgan fingerprint density at radius 3 is 2.94 bits per heavy atom. The summed E-state index contributed by atoms with van der Waals surface area (Å²) in [4.78, 5) is 8.36. The summed E-state index contributed by atoms with van der Waals surface area (Å²) >= 11 is 1.38. The van der Waals surface area contributed by atoms with Crippen molar-refractivity contribution in [1.82, 2.24) is 15.1 Å². The Kier molecular flexibility index (Phi) is 3.23. The van der Waals surface area contributed by atoms with Crippen LogP contribution in [0.3, 0.4) is 0 Å². The molecule has 16 heavy (non-hydrogen) atoms. The molecule has 2 heterocycles. The van der Waals surface area contributed by atoms with Gasteiger partial charge in [0.05, 0.1) is 11.2 Å². The molecule has 0 saturated carbocycles. The van der Waals surface area contributed by atoms with E-state index in [2.05, 4.69) is 15.1 Å². The van der Waals surface area contributed by atoms with Crippen LogP contribution in [0.25, 0.3) is 10.8 Å². The topological polar surface area (TPSA) is 51.8 Å². The Morgan fingerprint density at radius 2 is 2.31 bits per heavy atom. The minimum Gasteiger partial charge on any atom is -0.333 e. The number of rotatable bonds is 4. The highest BCUT2D eigenvalue weighted by Crippen LogP contribution is 2.26. The molecule has 0 aliphatic heterocycles. The van der Waals surface area contributed by atoms with E-state index in [0.717, 1.165) is 17.8 Å². The van der Waals surface area contributed by atoms with Crippen LogP contribution in [0, 0.1) is 0 Å². The summed E-state index contributed by atoms with van der Waals surface area (Å²) < 4.78 is 29.2. The van der Waals surface area contributed by atoms with E-state index >= 15 is 0 Å². The van der Waals surface area contributed by atoms with Crippen LogP contribution in [-0.2, 0) is 6.42 Å². The van der Waals surface area contributed by atoms with Crippen LogP contribution < -0.4 is 0 Å². The summed E-state index contributed by atoms with van der Waals surface area (Å²) in [6.07, 6.45) is 0.707. The molecule has 0 N–H and O–H groups in total. The highest BCUT2D eigenvalue weighted by Gasteiger charge is 2.18. The van der Waals surface area contributed by atoms with Gasteiger partial charge in [-0.15, -0.1) is 11.3 Å². The summed E-state index contributed by atoms with van der Waals surface area (Å²) in [6.45, 7) is 2.04. The monoisotopic (exact) mass is 245 g/mol. The van der Waals surface area contributed by atoms with Crippen molar-refractivity contribution in [3.05, 3.63) is 17.0 Å². The van der Waals surface area contributed by atoms with Gasteiger partial charge in [0, 0.05) is 0 Å². The maximum Gasteiger partial charge on any atom is 0.300 e. The van der Waals surface area contributed by atoms with E-state index in [9.17, 15) is 8.78 Å². The van der Waals surface area contributed by atoms with Gasteiger partial charge in [-0.25, -0.2) is 13.8 Å². The van der Waals surface area contributed by atoms with Crippen molar-refractivity contribution >= 4 is 11.3 Å². The highest BCUT2D eigenvalue weighted by molar-refractivity contribution is 7.15. The Labute approximate surface area is 94.3 Å². The minimum atomic E-state index is -2.71. The van der Waals surface area contributed by atoms with Crippen molar-refractivity contribution in [2.45, 2.75) is 26.2 Å². The number of aryl methyl sites for hydroxylation is 1. The fourth-order valence-corrected chi connectivity index (χ4v) is 2.10. The zero-order valence-electron chi connectivity index (χ0n) is 8.48. The van der Waals surface area contributed by atoms with Gasteiger partial charge in [-0.1, -0.05) is 12.1 Å². The summed E-state index contributed by atoms with van der Waals surface area (Å²) in [5.41, 5.74) is 0. The van der Waals surface area contributed by atoms with Gasteiger partial charge in [-0.3, -0.25) is 0 Å². The first-order chi connectivity index (χ1) is 7.70. The molecular weight excluding hydrogens is 236 g/mol. The molecule has 0 radical (unpaired) electrons. The minimum absolute atomic E-state index is 0.107. The molecule has 2 aromatic heterocycles.